The number of likely N-dealkylation sites (tertiary alicyclic amines) is 1. The molecule has 0 spiro atoms. The smallest absolute Gasteiger partial charge is 0.223 e. The van der Waals surface area contributed by atoms with Crippen LogP contribution in [0.5, 0.6) is 0 Å². The van der Waals surface area contributed by atoms with Gasteiger partial charge in [0.2, 0.25) is 5.91 Å². The summed E-state index contributed by atoms with van der Waals surface area (Å²) in [5.41, 5.74) is 1.22. The van der Waals surface area contributed by atoms with Crippen molar-refractivity contribution in [2.24, 2.45) is 5.92 Å². The van der Waals surface area contributed by atoms with E-state index in [0.717, 1.165) is 32.4 Å². The highest BCUT2D eigenvalue weighted by atomic mass is 16.2. The lowest BCUT2D eigenvalue weighted by molar-refractivity contribution is -0.132. The second-order valence-corrected chi connectivity index (χ2v) is 5.02. The molecule has 15 heavy (non-hydrogen) atoms. The minimum absolute atomic E-state index is 0.364. The van der Waals surface area contributed by atoms with Crippen LogP contribution in [0.25, 0.3) is 0 Å². The van der Waals surface area contributed by atoms with E-state index in [-0.39, 0.29) is 0 Å². The molecule has 1 heterocycles. The highest BCUT2D eigenvalue weighted by molar-refractivity contribution is 5.76. The predicted molar refractivity (Wildman–Crippen MR) is 61.5 cm³/mol. The highest BCUT2D eigenvalue weighted by Gasteiger charge is 2.23. The lowest BCUT2D eigenvalue weighted by Crippen LogP contribution is -2.37. The Hall–Kier alpha value is -0.790. The van der Waals surface area contributed by atoms with E-state index in [0.29, 0.717) is 11.8 Å². The normalized spacial score (nSPS) is 23.5. The Morgan fingerprint density at radius 2 is 2.07 bits per heavy atom. The van der Waals surface area contributed by atoms with Gasteiger partial charge in [-0.1, -0.05) is 25.0 Å². The van der Waals surface area contributed by atoms with Crippen LogP contribution >= 0.6 is 0 Å². The Kier molecular flexibility index (Phi) is 3.45. The van der Waals surface area contributed by atoms with E-state index in [1.807, 2.05) is 4.90 Å². The van der Waals surface area contributed by atoms with Gasteiger partial charge in [-0.3, -0.25) is 4.79 Å². The van der Waals surface area contributed by atoms with Crippen LogP contribution in [0.1, 0.15) is 44.9 Å². The summed E-state index contributed by atoms with van der Waals surface area (Å²) in [6, 6.07) is 0. The maximum absolute atomic E-state index is 12.0. The van der Waals surface area contributed by atoms with Gasteiger partial charge in [0.1, 0.15) is 0 Å². The molecule has 2 rings (SSSR count). The second kappa shape index (κ2) is 4.82. The summed E-state index contributed by atoms with van der Waals surface area (Å²) in [5, 5.41) is 0. The third-order valence-corrected chi connectivity index (χ3v) is 3.66. The fraction of sp³-hybridized carbons (Fsp3) is 0.769. The van der Waals surface area contributed by atoms with E-state index < -0.39 is 0 Å². The number of nitrogens with zero attached hydrogens (tertiary/aromatic N) is 1. The van der Waals surface area contributed by atoms with Gasteiger partial charge in [-0.2, -0.15) is 0 Å². The molecular weight excluding hydrogens is 186 g/mol. The van der Waals surface area contributed by atoms with Gasteiger partial charge in [-0.05, 0) is 31.6 Å². The summed E-state index contributed by atoms with van der Waals surface area (Å²) in [7, 11) is 0. The molecule has 2 fully saturated rings. The van der Waals surface area contributed by atoms with E-state index in [1.165, 1.54) is 31.3 Å². The standard InChI is InChI=1S/C13H21NO/c1-11-5-4-8-14(10-11)13(15)9-12-6-2-3-7-12/h12H,1-10H2. The lowest BCUT2D eigenvalue weighted by Gasteiger charge is -2.29. The summed E-state index contributed by atoms with van der Waals surface area (Å²) in [5.74, 6) is 1.04. The van der Waals surface area contributed by atoms with Crippen molar-refractivity contribution < 1.29 is 4.79 Å². The van der Waals surface area contributed by atoms with Gasteiger partial charge in [0.15, 0.2) is 0 Å². The molecule has 1 saturated carbocycles. The molecule has 2 nitrogen and oxygen atoms in total. The van der Waals surface area contributed by atoms with E-state index in [1.54, 1.807) is 0 Å². The van der Waals surface area contributed by atoms with Crippen molar-refractivity contribution in [1.29, 1.82) is 0 Å². The number of piperidine rings is 1. The van der Waals surface area contributed by atoms with Crippen molar-refractivity contribution >= 4 is 5.91 Å². The minimum atomic E-state index is 0.364. The van der Waals surface area contributed by atoms with Gasteiger partial charge < -0.3 is 4.90 Å². The largest absolute Gasteiger partial charge is 0.339 e. The highest BCUT2D eigenvalue weighted by Crippen LogP contribution is 2.28. The van der Waals surface area contributed by atoms with Crippen LogP contribution in [0, 0.1) is 5.92 Å². The van der Waals surface area contributed by atoms with Crippen LogP contribution in [0.4, 0.5) is 0 Å². The fourth-order valence-corrected chi connectivity index (χ4v) is 2.75. The molecule has 0 radical (unpaired) electrons. The van der Waals surface area contributed by atoms with Gasteiger partial charge in [-0.25, -0.2) is 0 Å². The molecule has 2 heteroatoms. The van der Waals surface area contributed by atoms with Crippen molar-refractivity contribution in [2.75, 3.05) is 13.1 Å². The summed E-state index contributed by atoms with van der Waals surface area (Å²) >= 11 is 0. The van der Waals surface area contributed by atoms with E-state index >= 15 is 0 Å². The van der Waals surface area contributed by atoms with Gasteiger partial charge in [0.25, 0.3) is 0 Å². The van der Waals surface area contributed by atoms with E-state index in [9.17, 15) is 4.79 Å². The van der Waals surface area contributed by atoms with Gasteiger partial charge in [0, 0.05) is 19.5 Å². The topological polar surface area (TPSA) is 20.3 Å². The molecule has 0 N–H and O–H groups in total. The van der Waals surface area contributed by atoms with Crippen LogP contribution in [-0.4, -0.2) is 23.9 Å². The average Bonchev–Trinajstić information content (AvgIpc) is 2.70. The van der Waals surface area contributed by atoms with Crippen LogP contribution in [0.2, 0.25) is 0 Å². The molecule has 1 saturated heterocycles. The molecule has 1 aliphatic carbocycles. The summed E-state index contributed by atoms with van der Waals surface area (Å²) < 4.78 is 0. The quantitative estimate of drug-likeness (QED) is 0.638. The zero-order chi connectivity index (χ0) is 10.7. The summed E-state index contributed by atoms with van der Waals surface area (Å²) in [6.07, 6.45) is 8.17. The van der Waals surface area contributed by atoms with Gasteiger partial charge >= 0.3 is 0 Å². The Labute approximate surface area is 92.3 Å². The first-order chi connectivity index (χ1) is 7.25. The number of carbonyl (C=O) groups is 1. The van der Waals surface area contributed by atoms with Crippen molar-refractivity contribution in [3.8, 4) is 0 Å². The van der Waals surface area contributed by atoms with Crippen LogP contribution in [0.3, 0.4) is 0 Å². The minimum Gasteiger partial charge on any atom is -0.339 e. The molecule has 0 aromatic heterocycles. The predicted octanol–water partition coefficient (Wildman–Crippen LogP) is 2.75. The van der Waals surface area contributed by atoms with Crippen molar-refractivity contribution in [3.63, 3.8) is 0 Å². The molecule has 1 amide bonds. The molecule has 0 aromatic carbocycles. The number of amides is 1. The second-order valence-electron chi connectivity index (χ2n) is 5.02. The van der Waals surface area contributed by atoms with Crippen LogP contribution < -0.4 is 0 Å². The zero-order valence-corrected chi connectivity index (χ0v) is 9.50. The Morgan fingerprint density at radius 3 is 2.73 bits per heavy atom. The first-order valence-electron chi connectivity index (χ1n) is 6.20. The lowest BCUT2D eigenvalue weighted by atomic mass is 10.0. The number of carbonyl (C=O) groups excluding carboxylic acids is 1. The summed E-state index contributed by atoms with van der Waals surface area (Å²) in [6.45, 7) is 5.74. The first-order valence-corrected chi connectivity index (χ1v) is 6.20. The number of hydrogen-bond donors (Lipinski definition) is 0. The molecule has 0 bridgehead atoms. The van der Waals surface area contributed by atoms with Crippen molar-refractivity contribution in [2.45, 2.75) is 44.9 Å². The maximum Gasteiger partial charge on any atom is 0.223 e. The molecule has 0 atom stereocenters. The molecule has 2 aliphatic rings. The third kappa shape index (κ3) is 2.83. The molecular formula is C13H21NO. The summed E-state index contributed by atoms with van der Waals surface area (Å²) in [4.78, 5) is 14.0. The molecule has 0 aromatic rings. The average molecular weight is 207 g/mol. The fourth-order valence-electron chi connectivity index (χ4n) is 2.75. The Morgan fingerprint density at radius 1 is 1.33 bits per heavy atom. The van der Waals surface area contributed by atoms with Crippen LogP contribution in [-0.2, 0) is 4.79 Å². The van der Waals surface area contributed by atoms with Crippen molar-refractivity contribution in [1.82, 2.24) is 4.90 Å². The van der Waals surface area contributed by atoms with Gasteiger partial charge in [-0.15, -0.1) is 0 Å². The molecule has 0 unspecified atom stereocenters. The van der Waals surface area contributed by atoms with E-state index in [4.69, 9.17) is 0 Å². The van der Waals surface area contributed by atoms with E-state index in [2.05, 4.69) is 6.58 Å². The Bertz CT molecular complexity index is 253. The first kappa shape index (κ1) is 10.7. The molecule has 1 aliphatic heterocycles. The third-order valence-electron chi connectivity index (χ3n) is 3.66. The SMILES string of the molecule is C=C1CCCN(C(=O)CC2CCCC2)C1. The van der Waals surface area contributed by atoms with Crippen molar-refractivity contribution in [3.05, 3.63) is 12.2 Å². The zero-order valence-electron chi connectivity index (χ0n) is 9.50. The maximum atomic E-state index is 12.0. The van der Waals surface area contributed by atoms with Crippen LogP contribution in [0.15, 0.2) is 12.2 Å². The molecule has 84 valence electrons. The number of rotatable bonds is 2. The van der Waals surface area contributed by atoms with Gasteiger partial charge in [0.05, 0.1) is 0 Å². The number of hydrogen-bond acceptors (Lipinski definition) is 1. The Balaban J connectivity index is 1.81. The monoisotopic (exact) mass is 207 g/mol.